The highest BCUT2D eigenvalue weighted by Crippen LogP contribution is 2.29. The van der Waals surface area contributed by atoms with Crippen LogP contribution in [0.15, 0.2) is 0 Å². The van der Waals surface area contributed by atoms with Crippen LogP contribution in [0.25, 0.3) is 0 Å². The first kappa shape index (κ1) is 15.9. The molecule has 8 heteroatoms. The maximum absolute atomic E-state index is 12.2. The lowest BCUT2D eigenvalue weighted by atomic mass is 9.94. The van der Waals surface area contributed by atoms with Crippen LogP contribution >= 0.6 is 35.0 Å². The summed E-state index contributed by atoms with van der Waals surface area (Å²) in [5.74, 6) is -0.424. The maximum atomic E-state index is 12.2. The first-order valence-electron chi connectivity index (χ1n) is 6.30. The van der Waals surface area contributed by atoms with E-state index in [1.54, 1.807) is 11.3 Å². The van der Waals surface area contributed by atoms with Crippen molar-refractivity contribution in [1.29, 1.82) is 0 Å². The van der Waals surface area contributed by atoms with Gasteiger partial charge in [0.05, 0.1) is 10.0 Å². The number of carbonyl (C=O) groups excluding carboxylic acids is 1. The van der Waals surface area contributed by atoms with Gasteiger partial charge in [-0.05, 0) is 25.1 Å². The van der Waals surface area contributed by atoms with Crippen molar-refractivity contribution in [2.24, 2.45) is 5.92 Å². The van der Waals surface area contributed by atoms with Crippen molar-refractivity contribution in [3.05, 3.63) is 21.4 Å². The number of hydrogen-bond donors (Lipinski definition) is 3. The number of aliphatic hydroxyl groups excluding tert-OH is 1. The summed E-state index contributed by atoms with van der Waals surface area (Å²) in [6.07, 6.45) is 0.672. The van der Waals surface area contributed by atoms with Crippen LogP contribution in [-0.4, -0.2) is 46.2 Å². The van der Waals surface area contributed by atoms with Crippen LogP contribution in [0.1, 0.15) is 22.6 Å². The smallest absolute Gasteiger partial charge is 0.269 e. The van der Waals surface area contributed by atoms with Crippen molar-refractivity contribution < 1.29 is 9.90 Å². The largest absolute Gasteiger partial charge is 0.396 e. The van der Waals surface area contributed by atoms with Gasteiger partial charge in [0.15, 0.2) is 0 Å². The second kappa shape index (κ2) is 6.54. The maximum Gasteiger partial charge on any atom is 0.269 e. The van der Waals surface area contributed by atoms with E-state index in [0.29, 0.717) is 30.2 Å². The minimum Gasteiger partial charge on any atom is -0.396 e. The number of piperidine rings is 1. The van der Waals surface area contributed by atoms with Gasteiger partial charge >= 0.3 is 0 Å². The SMILES string of the molecule is Cc1[nH]c(C(=O)NC2CCN(Cl)CC2CO)c(Cl)c1Cl. The predicted molar refractivity (Wildman–Crippen MR) is 79.4 cm³/mol. The number of aromatic nitrogens is 1. The number of nitrogens with zero attached hydrogens (tertiary/aromatic N) is 1. The lowest BCUT2D eigenvalue weighted by Gasteiger charge is -2.34. The van der Waals surface area contributed by atoms with Crippen molar-refractivity contribution in [3.63, 3.8) is 0 Å². The van der Waals surface area contributed by atoms with E-state index in [-0.39, 0.29) is 35.2 Å². The van der Waals surface area contributed by atoms with E-state index in [0.717, 1.165) is 0 Å². The summed E-state index contributed by atoms with van der Waals surface area (Å²) < 4.78 is 1.62. The number of aliphatic hydroxyl groups is 1. The minimum atomic E-state index is -0.323. The summed E-state index contributed by atoms with van der Waals surface area (Å²) in [6.45, 7) is 2.89. The molecule has 20 heavy (non-hydrogen) atoms. The van der Waals surface area contributed by atoms with Gasteiger partial charge in [-0.1, -0.05) is 23.2 Å². The molecule has 1 saturated heterocycles. The molecule has 3 N–H and O–H groups in total. The monoisotopic (exact) mass is 339 g/mol. The van der Waals surface area contributed by atoms with Crippen molar-refractivity contribution in [2.45, 2.75) is 19.4 Å². The van der Waals surface area contributed by atoms with Crippen LogP contribution < -0.4 is 5.32 Å². The number of nitrogens with one attached hydrogen (secondary N) is 2. The Hall–Kier alpha value is -0.460. The van der Waals surface area contributed by atoms with Gasteiger partial charge in [-0.2, -0.15) is 0 Å². The highest BCUT2D eigenvalue weighted by Gasteiger charge is 2.30. The fourth-order valence-corrected chi connectivity index (χ4v) is 3.02. The van der Waals surface area contributed by atoms with Gasteiger partial charge in [0.1, 0.15) is 5.69 Å². The number of carbonyl (C=O) groups is 1. The third-order valence-electron chi connectivity index (χ3n) is 3.52. The molecule has 1 fully saturated rings. The van der Waals surface area contributed by atoms with Crippen LogP contribution in [-0.2, 0) is 0 Å². The van der Waals surface area contributed by atoms with Gasteiger partial charge in [0, 0.05) is 37.4 Å². The number of amides is 1. The summed E-state index contributed by atoms with van der Waals surface area (Å²) in [6, 6.07) is -0.138. The fourth-order valence-electron chi connectivity index (χ4n) is 2.33. The molecule has 1 aromatic heterocycles. The topological polar surface area (TPSA) is 68.4 Å². The van der Waals surface area contributed by atoms with E-state index in [1.165, 1.54) is 0 Å². The molecule has 2 unspecified atom stereocenters. The first-order chi connectivity index (χ1) is 9.43. The lowest BCUT2D eigenvalue weighted by Crippen LogP contribution is -2.50. The van der Waals surface area contributed by atoms with E-state index < -0.39 is 0 Å². The minimum absolute atomic E-state index is 0.0353. The highest BCUT2D eigenvalue weighted by atomic mass is 35.5. The van der Waals surface area contributed by atoms with Gasteiger partial charge < -0.3 is 15.4 Å². The van der Waals surface area contributed by atoms with Gasteiger partial charge in [0.25, 0.3) is 5.91 Å². The van der Waals surface area contributed by atoms with Gasteiger partial charge in [0.2, 0.25) is 0 Å². The standard InChI is InChI=1S/C12H16Cl3N3O2/c1-6-9(13)10(14)11(16-6)12(20)17-8-2-3-18(15)4-7(8)5-19/h7-8,16,19H,2-5H2,1H3,(H,17,20). The van der Waals surface area contributed by atoms with Crippen molar-refractivity contribution in [3.8, 4) is 0 Å². The van der Waals surface area contributed by atoms with Crippen LogP contribution in [0.4, 0.5) is 0 Å². The molecule has 2 heterocycles. The highest BCUT2D eigenvalue weighted by molar-refractivity contribution is 6.44. The normalized spacial score (nSPS) is 23.9. The Balaban J connectivity index is 2.09. The average molecular weight is 341 g/mol. The number of aryl methyl sites for hydroxylation is 1. The zero-order chi connectivity index (χ0) is 14.9. The van der Waals surface area contributed by atoms with E-state index in [9.17, 15) is 9.90 Å². The Morgan fingerprint density at radius 1 is 1.50 bits per heavy atom. The summed E-state index contributed by atoms with van der Waals surface area (Å²) in [5.41, 5.74) is 0.898. The molecule has 0 spiro atoms. The second-order valence-electron chi connectivity index (χ2n) is 4.93. The van der Waals surface area contributed by atoms with Gasteiger partial charge in [-0.25, -0.2) is 4.42 Å². The zero-order valence-electron chi connectivity index (χ0n) is 10.9. The second-order valence-corrected chi connectivity index (χ2v) is 6.17. The molecule has 0 bridgehead atoms. The Morgan fingerprint density at radius 3 is 2.75 bits per heavy atom. The fraction of sp³-hybridized carbons (Fsp3) is 0.583. The van der Waals surface area contributed by atoms with Crippen molar-refractivity contribution in [2.75, 3.05) is 19.7 Å². The van der Waals surface area contributed by atoms with Crippen molar-refractivity contribution in [1.82, 2.24) is 14.7 Å². The molecule has 2 atom stereocenters. The van der Waals surface area contributed by atoms with Gasteiger partial charge in [-0.15, -0.1) is 0 Å². The molecular formula is C12H16Cl3N3O2. The molecule has 1 aliphatic rings. The molecule has 1 aliphatic heterocycles. The number of rotatable bonds is 3. The summed E-state index contributed by atoms with van der Waals surface area (Å²) >= 11 is 17.9. The van der Waals surface area contributed by atoms with E-state index >= 15 is 0 Å². The van der Waals surface area contributed by atoms with Crippen LogP contribution in [0.2, 0.25) is 10.0 Å². The molecular weight excluding hydrogens is 325 g/mol. The molecule has 2 rings (SSSR count). The van der Waals surface area contributed by atoms with Crippen LogP contribution in [0, 0.1) is 12.8 Å². The third-order valence-corrected chi connectivity index (χ3v) is 4.77. The van der Waals surface area contributed by atoms with E-state index in [4.69, 9.17) is 35.0 Å². The Labute approximate surface area is 132 Å². The molecule has 1 amide bonds. The number of H-pyrrole nitrogens is 1. The van der Waals surface area contributed by atoms with Crippen LogP contribution in [0.5, 0.6) is 0 Å². The molecule has 0 saturated carbocycles. The Kier molecular flexibility index (Phi) is 5.20. The zero-order valence-corrected chi connectivity index (χ0v) is 13.2. The number of hydrogen-bond acceptors (Lipinski definition) is 3. The van der Waals surface area contributed by atoms with E-state index in [1.807, 2.05) is 0 Å². The lowest BCUT2D eigenvalue weighted by molar-refractivity contribution is 0.0842. The average Bonchev–Trinajstić information content (AvgIpc) is 2.68. The predicted octanol–water partition coefficient (Wildman–Crippen LogP) is 2.20. The molecule has 112 valence electrons. The molecule has 0 aromatic carbocycles. The first-order valence-corrected chi connectivity index (χ1v) is 7.39. The third kappa shape index (κ3) is 3.23. The molecule has 0 radical (unpaired) electrons. The summed E-state index contributed by atoms with van der Waals surface area (Å²) in [7, 11) is 0. The Morgan fingerprint density at radius 2 is 2.20 bits per heavy atom. The molecule has 1 aromatic rings. The molecule has 5 nitrogen and oxygen atoms in total. The molecule has 0 aliphatic carbocycles. The quantitative estimate of drug-likeness (QED) is 0.739. The van der Waals surface area contributed by atoms with Gasteiger partial charge in [-0.3, -0.25) is 4.79 Å². The summed E-state index contributed by atoms with van der Waals surface area (Å²) in [5, 5.41) is 12.8. The number of aromatic amines is 1. The van der Waals surface area contributed by atoms with Crippen LogP contribution in [0.3, 0.4) is 0 Å². The summed E-state index contributed by atoms with van der Waals surface area (Å²) in [4.78, 5) is 15.1. The number of halogens is 3. The van der Waals surface area contributed by atoms with E-state index in [2.05, 4.69) is 10.3 Å². The Bertz CT molecular complexity index is 506. The van der Waals surface area contributed by atoms with Crippen molar-refractivity contribution >= 4 is 40.9 Å².